The molecule has 0 saturated heterocycles. The molecule has 0 radical (unpaired) electrons. The van der Waals surface area contributed by atoms with Crippen LogP contribution >= 0.6 is 0 Å². The summed E-state index contributed by atoms with van der Waals surface area (Å²) in [5.41, 5.74) is 2.15. The number of aryl methyl sites for hydroxylation is 1. The summed E-state index contributed by atoms with van der Waals surface area (Å²) in [4.78, 5) is 16.0. The van der Waals surface area contributed by atoms with Crippen molar-refractivity contribution in [1.29, 1.82) is 0 Å². The minimum Gasteiger partial charge on any atom is -0.476 e. The van der Waals surface area contributed by atoms with E-state index >= 15 is 0 Å². The maximum absolute atomic E-state index is 11.0. The lowest BCUT2D eigenvalue weighted by Crippen LogP contribution is -2.15. The molecule has 1 heterocycles. The topological polar surface area (TPSA) is 87.6 Å². The smallest absolute Gasteiger partial charge is 0.357 e. The lowest BCUT2D eigenvalue weighted by Gasteiger charge is -2.12. The van der Waals surface area contributed by atoms with E-state index in [-0.39, 0.29) is 5.69 Å². The molecule has 86 valence electrons. The molecule has 1 aromatic rings. The molecule has 0 atom stereocenters. The van der Waals surface area contributed by atoms with E-state index in [0.717, 1.165) is 25.0 Å². The number of aromatic amines is 1. The Morgan fingerprint density at radius 2 is 2.44 bits per heavy atom. The first kappa shape index (κ1) is 10.7. The van der Waals surface area contributed by atoms with Crippen molar-refractivity contribution in [3.05, 3.63) is 17.0 Å². The monoisotopic (exact) mass is 223 g/mol. The van der Waals surface area contributed by atoms with Crippen molar-refractivity contribution in [1.82, 2.24) is 10.2 Å². The molecule has 6 heteroatoms. The number of oxime groups is 1. The Hall–Kier alpha value is -1.85. The summed E-state index contributed by atoms with van der Waals surface area (Å²) < 4.78 is 0. The molecule has 0 bridgehead atoms. The van der Waals surface area contributed by atoms with Crippen molar-refractivity contribution in [2.24, 2.45) is 5.16 Å². The zero-order valence-electron chi connectivity index (χ0n) is 8.99. The van der Waals surface area contributed by atoms with E-state index in [1.54, 1.807) is 0 Å². The highest BCUT2D eigenvalue weighted by Gasteiger charge is 2.26. The van der Waals surface area contributed by atoms with Crippen LogP contribution in [0.4, 0.5) is 0 Å². The summed E-state index contributed by atoms with van der Waals surface area (Å²) >= 11 is 0. The summed E-state index contributed by atoms with van der Waals surface area (Å²) in [5, 5.41) is 19.5. The molecular weight excluding hydrogens is 210 g/mol. The zero-order chi connectivity index (χ0) is 11.5. The van der Waals surface area contributed by atoms with E-state index < -0.39 is 5.97 Å². The number of nitrogens with zero attached hydrogens (tertiary/aromatic N) is 2. The van der Waals surface area contributed by atoms with Crippen LogP contribution < -0.4 is 0 Å². The molecule has 2 rings (SSSR count). The SMILES string of the molecule is CCO/N=C1/CCCc2[nH]nc(C(=O)O)c21. The van der Waals surface area contributed by atoms with Gasteiger partial charge in [-0.25, -0.2) is 4.79 Å². The number of fused-ring (bicyclic) bond motifs is 1. The van der Waals surface area contributed by atoms with Crippen molar-refractivity contribution >= 4 is 11.7 Å². The van der Waals surface area contributed by atoms with Crippen LogP contribution in [0, 0.1) is 0 Å². The highest BCUT2D eigenvalue weighted by Crippen LogP contribution is 2.23. The Morgan fingerprint density at radius 3 is 3.12 bits per heavy atom. The number of hydrogen-bond donors (Lipinski definition) is 2. The van der Waals surface area contributed by atoms with Gasteiger partial charge in [-0.2, -0.15) is 5.10 Å². The van der Waals surface area contributed by atoms with Crippen LogP contribution in [-0.4, -0.2) is 33.6 Å². The standard InChI is InChI=1S/C10H13N3O3/c1-2-16-13-7-5-3-4-6-8(7)9(10(14)15)12-11-6/h2-5H2,1H3,(H,11,12)(H,14,15)/b13-7-. The second-order valence-electron chi connectivity index (χ2n) is 3.54. The van der Waals surface area contributed by atoms with Gasteiger partial charge in [0.1, 0.15) is 6.61 Å². The van der Waals surface area contributed by atoms with E-state index in [1.165, 1.54) is 0 Å². The summed E-state index contributed by atoms with van der Waals surface area (Å²) in [5.74, 6) is -1.04. The van der Waals surface area contributed by atoms with Crippen LogP contribution in [0.5, 0.6) is 0 Å². The number of aromatic carboxylic acids is 1. The molecule has 1 aliphatic rings. The van der Waals surface area contributed by atoms with Gasteiger partial charge in [0.05, 0.1) is 11.3 Å². The van der Waals surface area contributed by atoms with E-state index in [2.05, 4.69) is 15.4 Å². The molecule has 0 saturated carbocycles. The van der Waals surface area contributed by atoms with Crippen molar-refractivity contribution in [2.75, 3.05) is 6.61 Å². The number of nitrogens with one attached hydrogen (secondary N) is 1. The van der Waals surface area contributed by atoms with E-state index in [4.69, 9.17) is 9.94 Å². The number of aromatic nitrogens is 2. The molecule has 0 aromatic carbocycles. The molecule has 1 aliphatic carbocycles. The van der Waals surface area contributed by atoms with Crippen LogP contribution in [0.3, 0.4) is 0 Å². The van der Waals surface area contributed by atoms with E-state index in [0.29, 0.717) is 17.9 Å². The minimum atomic E-state index is -1.04. The molecule has 6 nitrogen and oxygen atoms in total. The Balaban J connectivity index is 2.42. The van der Waals surface area contributed by atoms with Crippen LogP contribution in [0.15, 0.2) is 5.16 Å². The first-order chi connectivity index (χ1) is 7.74. The van der Waals surface area contributed by atoms with E-state index in [9.17, 15) is 4.79 Å². The number of carboxylic acids is 1. The van der Waals surface area contributed by atoms with Gasteiger partial charge in [-0.1, -0.05) is 5.16 Å². The quantitative estimate of drug-likeness (QED) is 0.753. The Morgan fingerprint density at radius 1 is 1.62 bits per heavy atom. The normalized spacial score (nSPS) is 17.2. The number of H-pyrrole nitrogens is 1. The number of carboxylic acid groups (broad SMARTS) is 1. The fourth-order valence-electron chi connectivity index (χ4n) is 1.82. The van der Waals surface area contributed by atoms with Crippen LogP contribution in [-0.2, 0) is 11.3 Å². The predicted molar refractivity (Wildman–Crippen MR) is 56.6 cm³/mol. The fourth-order valence-corrected chi connectivity index (χ4v) is 1.82. The largest absolute Gasteiger partial charge is 0.476 e. The minimum absolute atomic E-state index is 0.0353. The van der Waals surface area contributed by atoms with Gasteiger partial charge in [0, 0.05) is 5.69 Å². The second kappa shape index (κ2) is 4.34. The van der Waals surface area contributed by atoms with Gasteiger partial charge in [-0.3, -0.25) is 5.10 Å². The highest BCUT2D eigenvalue weighted by atomic mass is 16.6. The molecule has 0 spiro atoms. The Labute approximate surface area is 92.3 Å². The number of hydrogen-bond acceptors (Lipinski definition) is 4. The zero-order valence-corrected chi connectivity index (χ0v) is 8.99. The summed E-state index contributed by atoms with van der Waals surface area (Å²) in [6.45, 7) is 2.31. The summed E-state index contributed by atoms with van der Waals surface area (Å²) in [7, 11) is 0. The summed E-state index contributed by atoms with van der Waals surface area (Å²) in [6.07, 6.45) is 2.47. The van der Waals surface area contributed by atoms with Crippen LogP contribution in [0.1, 0.15) is 41.5 Å². The lowest BCUT2D eigenvalue weighted by molar-refractivity contribution is 0.0690. The van der Waals surface area contributed by atoms with Crippen LogP contribution in [0.25, 0.3) is 0 Å². The molecule has 0 fully saturated rings. The van der Waals surface area contributed by atoms with Gasteiger partial charge in [0.25, 0.3) is 0 Å². The molecule has 2 N–H and O–H groups in total. The molecule has 0 amide bonds. The van der Waals surface area contributed by atoms with Gasteiger partial charge in [0.2, 0.25) is 0 Å². The fraction of sp³-hybridized carbons (Fsp3) is 0.500. The average molecular weight is 223 g/mol. The summed E-state index contributed by atoms with van der Waals surface area (Å²) in [6, 6.07) is 0. The third-order valence-electron chi connectivity index (χ3n) is 2.48. The third-order valence-corrected chi connectivity index (χ3v) is 2.48. The molecule has 0 unspecified atom stereocenters. The van der Waals surface area contributed by atoms with E-state index in [1.807, 2.05) is 6.92 Å². The lowest BCUT2D eigenvalue weighted by atomic mass is 9.94. The first-order valence-electron chi connectivity index (χ1n) is 5.23. The van der Waals surface area contributed by atoms with Crippen molar-refractivity contribution in [3.8, 4) is 0 Å². The number of rotatable bonds is 3. The maximum Gasteiger partial charge on any atom is 0.357 e. The molecular formula is C10H13N3O3. The predicted octanol–water partition coefficient (Wildman–Crippen LogP) is 1.18. The van der Waals surface area contributed by atoms with Gasteiger partial charge in [-0.05, 0) is 26.2 Å². The van der Waals surface area contributed by atoms with Crippen molar-refractivity contribution in [3.63, 3.8) is 0 Å². The molecule has 1 aromatic heterocycles. The van der Waals surface area contributed by atoms with Gasteiger partial charge in [-0.15, -0.1) is 0 Å². The third kappa shape index (κ3) is 1.78. The number of carbonyl (C=O) groups is 1. The van der Waals surface area contributed by atoms with Crippen LogP contribution in [0.2, 0.25) is 0 Å². The first-order valence-corrected chi connectivity index (χ1v) is 5.23. The Bertz CT molecular complexity index is 437. The molecule has 0 aliphatic heterocycles. The molecule has 16 heavy (non-hydrogen) atoms. The average Bonchev–Trinajstić information content (AvgIpc) is 2.70. The van der Waals surface area contributed by atoms with Gasteiger partial charge < -0.3 is 9.94 Å². The Kier molecular flexibility index (Phi) is 2.89. The maximum atomic E-state index is 11.0. The van der Waals surface area contributed by atoms with Crippen molar-refractivity contribution < 1.29 is 14.7 Å². The van der Waals surface area contributed by atoms with Gasteiger partial charge >= 0.3 is 5.97 Å². The second-order valence-corrected chi connectivity index (χ2v) is 3.54. The van der Waals surface area contributed by atoms with Crippen molar-refractivity contribution in [2.45, 2.75) is 26.2 Å². The van der Waals surface area contributed by atoms with Gasteiger partial charge in [0.15, 0.2) is 5.69 Å². The highest BCUT2D eigenvalue weighted by molar-refractivity contribution is 6.08.